The number of unbranched alkanes of at least 4 members (excludes halogenated alkanes) is 1. The molecule has 0 aliphatic carbocycles. The van der Waals surface area contributed by atoms with Crippen LogP contribution in [0.1, 0.15) is 52.4 Å². The molecule has 0 aliphatic rings. The fraction of sp³-hybridized carbons (Fsp3) is 0.833. The minimum Gasteiger partial charge on any atom is -0.481 e. The fourth-order valence-electron chi connectivity index (χ4n) is 1.66. The summed E-state index contributed by atoms with van der Waals surface area (Å²) in [6.45, 7) is 4.16. The van der Waals surface area contributed by atoms with Gasteiger partial charge in [-0.3, -0.25) is 9.59 Å². The second-order valence-electron chi connectivity index (χ2n) is 4.53. The molecule has 0 rings (SSSR count). The first kappa shape index (κ1) is 14.9. The topological polar surface area (TPSA) is 74.6 Å². The molecule has 0 amide bonds. The standard InChI is InChI=1S/C12H22O4/c1-9(5-3-4-6-11(13)14)10(2)7-8-12(15)16/h9-10H,3-8H2,1-2H3,(H,13,14)(H,15,16). The summed E-state index contributed by atoms with van der Waals surface area (Å²) in [6.07, 6.45) is 3.76. The number of carboxylic acids is 2. The van der Waals surface area contributed by atoms with Gasteiger partial charge in [0.05, 0.1) is 0 Å². The molecule has 0 heterocycles. The smallest absolute Gasteiger partial charge is 0.303 e. The van der Waals surface area contributed by atoms with Crippen LogP contribution in [0.5, 0.6) is 0 Å². The Morgan fingerprint density at radius 1 is 0.875 bits per heavy atom. The van der Waals surface area contributed by atoms with Crippen LogP contribution in [-0.4, -0.2) is 22.2 Å². The van der Waals surface area contributed by atoms with Crippen LogP contribution in [0.15, 0.2) is 0 Å². The molecule has 2 N–H and O–H groups in total. The van der Waals surface area contributed by atoms with Crippen LogP contribution in [0.4, 0.5) is 0 Å². The molecule has 0 aliphatic heterocycles. The van der Waals surface area contributed by atoms with E-state index in [4.69, 9.17) is 10.2 Å². The van der Waals surface area contributed by atoms with Crippen LogP contribution in [0.25, 0.3) is 0 Å². The number of carbonyl (C=O) groups is 2. The highest BCUT2D eigenvalue weighted by molar-refractivity contribution is 5.66. The van der Waals surface area contributed by atoms with Crippen molar-refractivity contribution in [3.63, 3.8) is 0 Å². The van der Waals surface area contributed by atoms with E-state index in [9.17, 15) is 9.59 Å². The van der Waals surface area contributed by atoms with E-state index >= 15 is 0 Å². The first-order chi connectivity index (χ1) is 7.43. The van der Waals surface area contributed by atoms with Gasteiger partial charge < -0.3 is 10.2 Å². The van der Waals surface area contributed by atoms with Gasteiger partial charge in [-0.15, -0.1) is 0 Å². The van der Waals surface area contributed by atoms with Crippen LogP contribution in [0, 0.1) is 11.8 Å². The number of aliphatic carboxylic acids is 2. The molecule has 0 saturated heterocycles. The van der Waals surface area contributed by atoms with Gasteiger partial charge in [-0.1, -0.05) is 26.7 Å². The van der Waals surface area contributed by atoms with Gasteiger partial charge in [0.2, 0.25) is 0 Å². The van der Waals surface area contributed by atoms with Crippen LogP contribution < -0.4 is 0 Å². The first-order valence-corrected chi connectivity index (χ1v) is 5.87. The Hall–Kier alpha value is -1.06. The van der Waals surface area contributed by atoms with E-state index in [1.807, 2.05) is 0 Å². The minimum atomic E-state index is -0.745. The van der Waals surface area contributed by atoms with Crippen molar-refractivity contribution in [2.24, 2.45) is 11.8 Å². The van der Waals surface area contributed by atoms with E-state index in [1.54, 1.807) is 0 Å². The largest absolute Gasteiger partial charge is 0.481 e. The maximum Gasteiger partial charge on any atom is 0.303 e. The summed E-state index contributed by atoms with van der Waals surface area (Å²) < 4.78 is 0. The lowest BCUT2D eigenvalue weighted by Crippen LogP contribution is -2.10. The third kappa shape index (κ3) is 8.26. The second-order valence-corrected chi connectivity index (χ2v) is 4.53. The average Bonchev–Trinajstić information content (AvgIpc) is 2.20. The van der Waals surface area contributed by atoms with E-state index in [1.165, 1.54) is 0 Å². The van der Waals surface area contributed by atoms with Crippen molar-refractivity contribution in [3.8, 4) is 0 Å². The van der Waals surface area contributed by atoms with Crippen LogP contribution in [0.3, 0.4) is 0 Å². The molecule has 0 aromatic rings. The van der Waals surface area contributed by atoms with Crippen LogP contribution >= 0.6 is 0 Å². The molecular formula is C12H22O4. The second kappa shape index (κ2) is 8.13. The fourth-order valence-corrected chi connectivity index (χ4v) is 1.66. The van der Waals surface area contributed by atoms with Crippen molar-refractivity contribution in [2.45, 2.75) is 52.4 Å². The van der Waals surface area contributed by atoms with Gasteiger partial charge in [0.15, 0.2) is 0 Å². The molecule has 2 unspecified atom stereocenters. The summed E-state index contributed by atoms with van der Waals surface area (Å²) in [7, 11) is 0. The van der Waals surface area contributed by atoms with Crippen LogP contribution in [0.2, 0.25) is 0 Å². The lowest BCUT2D eigenvalue weighted by atomic mass is 9.87. The van der Waals surface area contributed by atoms with E-state index < -0.39 is 11.9 Å². The van der Waals surface area contributed by atoms with Crippen LogP contribution in [-0.2, 0) is 9.59 Å². The summed E-state index contributed by atoms with van der Waals surface area (Å²) in [6, 6.07) is 0. The van der Waals surface area contributed by atoms with Crippen molar-refractivity contribution >= 4 is 11.9 Å². The highest BCUT2D eigenvalue weighted by Gasteiger charge is 2.13. The molecule has 0 spiro atoms. The van der Waals surface area contributed by atoms with E-state index in [2.05, 4.69) is 13.8 Å². The molecular weight excluding hydrogens is 208 g/mol. The first-order valence-electron chi connectivity index (χ1n) is 5.87. The molecule has 4 nitrogen and oxygen atoms in total. The Kier molecular flexibility index (Phi) is 7.60. The van der Waals surface area contributed by atoms with Gasteiger partial charge in [-0.2, -0.15) is 0 Å². The Morgan fingerprint density at radius 3 is 1.88 bits per heavy atom. The Balaban J connectivity index is 3.58. The SMILES string of the molecule is CC(CCCCC(=O)O)C(C)CCC(=O)O. The number of hydrogen-bond donors (Lipinski definition) is 2. The summed E-state index contributed by atoms with van der Waals surface area (Å²) in [5.41, 5.74) is 0. The molecule has 0 fully saturated rings. The molecule has 0 bridgehead atoms. The summed E-state index contributed by atoms with van der Waals surface area (Å²) in [5, 5.41) is 17.0. The number of hydrogen-bond acceptors (Lipinski definition) is 2. The number of carboxylic acid groups (broad SMARTS) is 2. The molecule has 0 saturated carbocycles. The third-order valence-corrected chi connectivity index (χ3v) is 3.09. The molecule has 4 heteroatoms. The third-order valence-electron chi connectivity index (χ3n) is 3.09. The Morgan fingerprint density at radius 2 is 1.38 bits per heavy atom. The minimum absolute atomic E-state index is 0.223. The van der Waals surface area contributed by atoms with Gasteiger partial charge in [-0.05, 0) is 24.7 Å². The lowest BCUT2D eigenvalue weighted by molar-refractivity contribution is -0.138. The zero-order valence-electron chi connectivity index (χ0n) is 10.1. The lowest BCUT2D eigenvalue weighted by Gasteiger charge is -2.18. The van der Waals surface area contributed by atoms with Gasteiger partial charge in [-0.25, -0.2) is 0 Å². The molecule has 0 aromatic carbocycles. The van der Waals surface area contributed by atoms with Gasteiger partial charge in [0.25, 0.3) is 0 Å². The zero-order chi connectivity index (χ0) is 12.6. The van der Waals surface area contributed by atoms with Gasteiger partial charge in [0, 0.05) is 12.8 Å². The zero-order valence-corrected chi connectivity index (χ0v) is 10.1. The summed E-state index contributed by atoms with van der Waals surface area (Å²) >= 11 is 0. The predicted octanol–water partition coefficient (Wildman–Crippen LogP) is 2.77. The highest BCUT2D eigenvalue weighted by Crippen LogP contribution is 2.22. The quantitative estimate of drug-likeness (QED) is 0.597. The molecule has 0 aromatic heterocycles. The van der Waals surface area contributed by atoms with Crippen molar-refractivity contribution in [2.75, 3.05) is 0 Å². The van der Waals surface area contributed by atoms with Crippen molar-refractivity contribution in [1.29, 1.82) is 0 Å². The predicted molar refractivity (Wildman–Crippen MR) is 61.3 cm³/mol. The molecule has 16 heavy (non-hydrogen) atoms. The van der Waals surface area contributed by atoms with E-state index in [0.29, 0.717) is 24.7 Å². The number of rotatable bonds is 9. The summed E-state index contributed by atoms with van der Waals surface area (Å²) in [4.78, 5) is 20.7. The Labute approximate surface area is 96.7 Å². The normalized spacial score (nSPS) is 14.4. The van der Waals surface area contributed by atoms with Gasteiger partial charge in [0.1, 0.15) is 0 Å². The molecule has 94 valence electrons. The van der Waals surface area contributed by atoms with Crippen molar-refractivity contribution in [3.05, 3.63) is 0 Å². The maximum atomic E-state index is 10.4. The molecule has 2 atom stereocenters. The summed E-state index contributed by atoms with van der Waals surface area (Å²) in [5.74, 6) is -0.634. The van der Waals surface area contributed by atoms with E-state index in [0.717, 1.165) is 12.8 Å². The average molecular weight is 230 g/mol. The maximum absolute atomic E-state index is 10.4. The monoisotopic (exact) mass is 230 g/mol. The van der Waals surface area contributed by atoms with Crippen molar-refractivity contribution < 1.29 is 19.8 Å². The van der Waals surface area contributed by atoms with Crippen molar-refractivity contribution in [1.82, 2.24) is 0 Å². The molecule has 0 radical (unpaired) electrons. The highest BCUT2D eigenvalue weighted by atomic mass is 16.4. The van der Waals surface area contributed by atoms with Gasteiger partial charge >= 0.3 is 11.9 Å². The van der Waals surface area contributed by atoms with E-state index in [-0.39, 0.29) is 12.8 Å². The Bertz CT molecular complexity index is 225.